The Bertz CT molecular complexity index is 2660. The highest BCUT2D eigenvalue weighted by atomic mass is 16.4. The van der Waals surface area contributed by atoms with Gasteiger partial charge in [0.25, 0.3) is 0 Å². The predicted molar refractivity (Wildman–Crippen MR) is 171 cm³/mol. The quantitative estimate of drug-likeness (QED) is 0.201. The number of hydrogen-bond donors (Lipinski definition) is 0. The van der Waals surface area contributed by atoms with Gasteiger partial charge in [0.1, 0.15) is 0 Å². The highest BCUT2D eigenvalue weighted by Crippen LogP contribution is 2.37. The lowest BCUT2D eigenvalue weighted by Crippen LogP contribution is -1.90. The first-order chi connectivity index (χ1) is 22.2. The second-order valence-corrected chi connectivity index (χ2v) is 10.9. The average Bonchev–Trinajstić information content (AvgIpc) is 3.78. The maximum Gasteiger partial charge on any atom is 0.230 e. The molecule has 0 unspecified atom stereocenters. The number of hydrogen-bond acceptors (Lipinski definition) is 9. The molecule has 1 aromatic carbocycles. The second-order valence-electron chi connectivity index (χ2n) is 10.9. The molecule has 9 heteroatoms. The monoisotopic (exact) mass is 582 g/mol. The molecule has 9 heterocycles. The molecule has 0 aliphatic rings. The largest absolute Gasteiger partial charge is 0.419 e. The van der Waals surface area contributed by atoms with Crippen molar-refractivity contribution >= 4 is 66.6 Å². The van der Waals surface area contributed by atoms with Crippen molar-refractivity contribution in [3.8, 4) is 33.5 Å². The van der Waals surface area contributed by atoms with E-state index in [0.717, 1.165) is 65.8 Å². The van der Waals surface area contributed by atoms with Crippen molar-refractivity contribution in [2.75, 3.05) is 0 Å². The topological polar surface area (TPSA) is 117 Å². The van der Waals surface area contributed by atoms with Gasteiger partial charge in [0.15, 0.2) is 0 Å². The molecule has 0 amide bonds. The second kappa shape index (κ2) is 9.01. The molecule has 9 nitrogen and oxygen atoms in total. The first kappa shape index (κ1) is 24.0. The van der Waals surface area contributed by atoms with Gasteiger partial charge in [-0.05, 0) is 90.0 Å². The highest BCUT2D eigenvalue weighted by molar-refractivity contribution is 6.05. The van der Waals surface area contributed by atoms with Crippen molar-refractivity contribution in [2.45, 2.75) is 0 Å². The van der Waals surface area contributed by atoms with E-state index in [1.54, 1.807) is 18.6 Å². The molecular weight excluding hydrogens is 564 g/mol. The summed E-state index contributed by atoms with van der Waals surface area (Å²) >= 11 is 0. The van der Waals surface area contributed by atoms with Crippen LogP contribution in [-0.2, 0) is 0 Å². The molecule has 10 rings (SSSR count). The van der Waals surface area contributed by atoms with Crippen LogP contribution in [0.4, 0.5) is 0 Å². The zero-order chi connectivity index (χ0) is 29.5. The van der Waals surface area contributed by atoms with Gasteiger partial charge in [-0.15, -0.1) is 0 Å². The molecule has 0 saturated carbocycles. The summed E-state index contributed by atoms with van der Waals surface area (Å²) in [6.07, 6.45) is 8.80. The normalized spacial score (nSPS) is 12.0. The van der Waals surface area contributed by atoms with Crippen LogP contribution in [-0.4, -0.2) is 29.9 Å². The lowest BCUT2D eigenvalue weighted by Gasteiger charge is -2.11. The van der Waals surface area contributed by atoms with Gasteiger partial charge in [0.05, 0.1) is 16.5 Å². The lowest BCUT2D eigenvalue weighted by molar-refractivity contribution is 0.640. The van der Waals surface area contributed by atoms with E-state index in [4.69, 9.17) is 18.2 Å². The van der Waals surface area contributed by atoms with Crippen molar-refractivity contribution in [3.63, 3.8) is 0 Å². The van der Waals surface area contributed by atoms with E-state index in [2.05, 4.69) is 55.3 Å². The number of aromatic nitrogens is 6. The fourth-order valence-electron chi connectivity index (χ4n) is 6.07. The molecular formula is C36H18N6O3. The van der Waals surface area contributed by atoms with Crippen LogP contribution in [0.15, 0.2) is 123 Å². The van der Waals surface area contributed by atoms with Gasteiger partial charge in [-0.1, -0.05) is 0 Å². The first-order valence-corrected chi connectivity index (χ1v) is 14.3. The van der Waals surface area contributed by atoms with Crippen LogP contribution in [0.2, 0.25) is 0 Å². The third-order valence-corrected chi connectivity index (χ3v) is 8.22. The zero-order valence-electron chi connectivity index (χ0n) is 23.3. The Morgan fingerprint density at radius 3 is 1.36 bits per heavy atom. The summed E-state index contributed by atoms with van der Waals surface area (Å²) in [6, 6.07) is 26.3. The predicted octanol–water partition coefficient (Wildman–Crippen LogP) is 8.76. The number of fused-ring (bicyclic) bond motifs is 9. The van der Waals surface area contributed by atoms with E-state index in [0.29, 0.717) is 34.3 Å². The van der Waals surface area contributed by atoms with Gasteiger partial charge in [0.2, 0.25) is 34.3 Å². The van der Waals surface area contributed by atoms with Crippen LogP contribution >= 0.6 is 0 Å². The smallest absolute Gasteiger partial charge is 0.230 e. The molecule has 0 aliphatic carbocycles. The van der Waals surface area contributed by atoms with Crippen LogP contribution in [0.5, 0.6) is 0 Å². The van der Waals surface area contributed by atoms with Crippen molar-refractivity contribution in [3.05, 3.63) is 110 Å². The molecule has 9 aromatic heterocycles. The zero-order valence-corrected chi connectivity index (χ0v) is 23.3. The Labute approximate surface area is 252 Å². The Hall–Kier alpha value is -6.48. The molecule has 0 atom stereocenters. The Balaban J connectivity index is 1.20. The maximum absolute atomic E-state index is 6.03. The fourth-order valence-corrected chi connectivity index (χ4v) is 6.07. The van der Waals surface area contributed by atoms with Gasteiger partial charge in [0, 0.05) is 69.2 Å². The van der Waals surface area contributed by atoms with Crippen molar-refractivity contribution in [1.82, 2.24) is 29.9 Å². The summed E-state index contributed by atoms with van der Waals surface area (Å²) in [5.41, 5.74) is 8.77. The summed E-state index contributed by atoms with van der Waals surface area (Å²) in [5.74, 6) is 0. The van der Waals surface area contributed by atoms with Crippen LogP contribution < -0.4 is 0 Å². The standard InChI is InChI=1S/C36H18N6O3/c1-4-24-27-7-8-30(42-36(27)45-31(24)37-9-1)21-13-19(22-15-28-25-5-2-10-38-32(25)43-34(28)40-17-22)12-20(14-21)23-16-29-26-6-3-11-39-33(26)44-35(29)41-18-23/h1-18H. The number of rotatable bonds is 3. The van der Waals surface area contributed by atoms with E-state index in [-0.39, 0.29) is 0 Å². The number of pyridine rings is 6. The van der Waals surface area contributed by atoms with Crippen LogP contribution in [0.1, 0.15) is 0 Å². The van der Waals surface area contributed by atoms with Gasteiger partial charge in [-0.3, -0.25) is 0 Å². The maximum atomic E-state index is 6.03. The Morgan fingerprint density at radius 1 is 0.356 bits per heavy atom. The van der Waals surface area contributed by atoms with E-state index in [1.807, 2.05) is 60.9 Å². The van der Waals surface area contributed by atoms with Gasteiger partial charge in [-0.2, -0.15) is 0 Å². The third-order valence-electron chi connectivity index (χ3n) is 8.22. The SMILES string of the molecule is c1cnc2oc3ncc(-c4cc(-c5cnc6oc7ncccc7c6c5)cc(-c5ccc6c(n5)oc5ncccc56)c4)cc3c2c1. The Morgan fingerprint density at radius 2 is 0.800 bits per heavy atom. The molecule has 0 radical (unpaired) electrons. The minimum atomic E-state index is 0.536. The minimum Gasteiger partial charge on any atom is -0.419 e. The molecule has 0 fully saturated rings. The van der Waals surface area contributed by atoms with E-state index in [9.17, 15) is 0 Å². The van der Waals surface area contributed by atoms with E-state index < -0.39 is 0 Å². The van der Waals surface area contributed by atoms with Gasteiger partial charge < -0.3 is 13.3 Å². The lowest BCUT2D eigenvalue weighted by atomic mass is 9.95. The summed E-state index contributed by atoms with van der Waals surface area (Å²) in [7, 11) is 0. The molecule has 0 saturated heterocycles. The minimum absolute atomic E-state index is 0.536. The number of nitrogens with zero attached hydrogens (tertiary/aromatic N) is 6. The molecule has 0 bridgehead atoms. The number of benzene rings is 1. The Kier molecular flexibility index (Phi) is 4.81. The van der Waals surface area contributed by atoms with Crippen molar-refractivity contribution in [1.29, 1.82) is 0 Å². The third kappa shape index (κ3) is 3.67. The van der Waals surface area contributed by atoms with Gasteiger partial charge in [-0.25, -0.2) is 29.9 Å². The van der Waals surface area contributed by atoms with E-state index in [1.165, 1.54) is 0 Å². The van der Waals surface area contributed by atoms with Gasteiger partial charge >= 0.3 is 0 Å². The van der Waals surface area contributed by atoms with Crippen molar-refractivity contribution in [2.24, 2.45) is 0 Å². The summed E-state index contributed by atoms with van der Waals surface area (Å²) < 4.78 is 17.8. The van der Waals surface area contributed by atoms with Crippen molar-refractivity contribution < 1.29 is 13.3 Å². The molecule has 0 N–H and O–H groups in total. The van der Waals surface area contributed by atoms with E-state index >= 15 is 0 Å². The summed E-state index contributed by atoms with van der Waals surface area (Å²) in [4.78, 5) is 27.3. The highest BCUT2D eigenvalue weighted by Gasteiger charge is 2.16. The first-order valence-electron chi connectivity index (χ1n) is 14.3. The average molecular weight is 583 g/mol. The molecule has 0 aliphatic heterocycles. The molecule has 10 aromatic rings. The summed E-state index contributed by atoms with van der Waals surface area (Å²) in [6.45, 7) is 0. The van der Waals surface area contributed by atoms with Crippen LogP contribution in [0.3, 0.4) is 0 Å². The number of furan rings is 3. The molecule has 0 spiro atoms. The fraction of sp³-hybridized carbons (Fsp3) is 0. The van der Waals surface area contributed by atoms with Crippen LogP contribution in [0.25, 0.3) is 100 Å². The van der Waals surface area contributed by atoms with Crippen LogP contribution in [0, 0.1) is 0 Å². The molecule has 210 valence electrons. The molecule has 45 heavy (non-hydrogen) atoms. The summed E-state index contributed by atoms with van der Waals surface area (Å²) in [5, 5.41) is 5.49.